The van der Waals surface area contributed by atoms with Crippen molar-refractivity contribution in [2.24, 2.45) is 0 Å². The van der Waals surface area contributed by atoms with Crippen molar-refractivity contribution in [2.45, 2.75) is 0 Å². The first-order valence-electron chi connectivity index (χ1n) is 36.7. The molecule has 0 unspecified atom stereocenters. The van der Waals surface area contributed by atoms with Gasteiger partial charge in [0.15, 0.2) is 0 Å². The summed E-state index contributed by atoms with van der Waals surface area (Å²) in [6, 6.07) is 136. The number of hydrogen-bond donors (Lipinski definition) is 0. The van der Waals surface area contributed by atoms with Gasteiger partial charge in [0.1, 0.15) is 34.5 Å². The molecule has 0 saturated heterocycles. The van der Waals surface area contributed by atoms with Crippen LogP contribution in [0.25, 0.3) is 22.3 Å². The van der Waals surface area contributed by atoms with Crippen LogP contribution in [0.4, 0.5) is 85.3 Å². The molecule has 0 bridgehead atoms. The Hall–Kier alpha value is -13.9. The molecule has 6 aliphatic heterocycles. The first-order valence-corrected chi connectivity index (χ1v) is 36.7. The molecule has 16 aromatic carbocycles. The van der Waals surface area contributed by atoms with Crippen molar-refractivity contribution in [3.63, 3.8) is 0 Å². The van der Waals surface area contributed by atoms with Crippen molar-refractivity contribution in [1.82, 2.24) is 0 Å². The first-order chi connectivity index (χ1) is 53.1. The van der Waals surface area contributed by atoms with Crippen molar-refractivity contribution in [3.05, 3.63) is 376 Å². The second kappa shape index (κ2) is 24.4. The van der Waals surface area contributed by atoms with Crippen molar-refractivity contribution >= 4 is 155 Å². The maximum atomic E-state index is 8.04. The molecule has 498 valence electrons. The zero-order valence-electron chi connectivity index (χ0n) is 58.0. The highest BCUT2D eigenvalue weighted by Crippen LogP contribution is 2.55. The molecule has 6 aliphatic rings. The van der Waals surface area contributed by atoms with Crippen LogP contribution in [0.2, 0.25) is 0 Å². The molecule has 16 aromatic rings. The van der Waals surface area contributed by atoms with E-state index in [1.807, 2.05) is 0 Å². The van der Waals surface area contributed by atoms with Crippen LogP contribution in [0.3, 0.4) is 0 Å². The van der Waals surface area contributed by atoms with Crippen LogP contribution in [-0.2, 0) is 0 Å². The fourth-order valence-corrected chi connectivity index (χ4v) is 18.0. The van der Waals surface area contributed by atoms with Gasteiger partial charge in [-0.05, 0) is 164 Å². The summed E-state index contributed by atoms with van der Waals surface area (Å²) < 4.78 is 23.4. The Morgan fingerprint density at radius 1 is 0.215 bits per heavy atom. The van der Waals surface area contributed by atoms with Crippen LogP contribution in [-0.4, -0.2) is 20.1 Å². The standard InChI is InChI=1S/C96H62B3N5O3/c1-9-32-63(33-10-1)73-48-31-49-74(64-34-11-2-12-35-64)95(73)104-82-61-81-78(97-76-51-26-29-54-86(76)105-88-58-71(56-83(91(88)97)103(81)70-46-23-8-24-47-70)100(65-36-13-3-14-37-65)66-38-15-4-16-39-66)60-79(82)98-77-52-27-30-55-87(77)107-96-93(98)85(104)62-90-94(96)99-75-50-25-28-53-80(75)102(69-44-21-7-22-45-69)84-57-72(59-89(106-90)92(84)99)101(67-40-17-5-18-41-67)68-42-19-6-20-43-68/h1-62H. The summed E-state index contributed by atoms with van der Waals surface area (Å²) in [4.78, 5) is 12.2. The zero-order chi connectivity index (χ0) is 70.2. The summed E-state index contributed by atoms with van der Waals surface area (Å²) in [5, 5.41) is 0. The highest BCUT2D eigenvalue weighted by atomic mass is 16.5. The van der Waals surface area contributed by atoms with Crippen LogP contribution in [0.1, 0.15) is 0 Å². The molecule has 0 amide bonds. The minimum atomic E-state index is -0.352. The van der Waals surface area contributed by atoms with Gasteiger partial charge in [-0.1, -0.05) is 249 Å². The van der Waals surface area contributed by atoms with Gasteiger partial charge in [-0.2, -0.15) is 0 Å². The molecular weight excluding hydrogens is 1300 g/mol. The van der Waals surface area contributed by atoms with Crippen LogP contribution in [0.5, 0.6) is 34.5 Å². The fourth-order valence-electron chi connectivity index (χ4n) is 18.0. The number of para-hydroxylation sites is 10. The summed E-state index contributed by atoms with van der Waals surface area (Å²) in [5.74, 6) is 4.71. The highest BCUT2D eigenvalue weighted by Gasteiger charge is 2.52. The van der Waals surface area contributed by atoms with E-state index < -0.39 is 0 Å². The number of ether oxygens (including phenoxy) is 3. The normalized spacial score (nSPS) is 13.2. The van der Waals surface area contributed by atoms with E-state index in [1.165, 1.54) is 5.46 Å². The van der Waals surface area contributed by atoms with Crippen LogP contribution >= 0.6 is 0 Å². The van der Waals surface area contributed by atoms with Gasteiger partial charge >= 0.3 is 0 Å². The number of anilines is 15. The summed E-state index contributed by atoms with van der Waals surface area (Å²) >= 11 is 0. The van der Waals surface area contributed by atoms with E-state index in [2.05, 4.69) is 401 Å². The average Bonchev–Trinajstić information content (AvgIpc) is 0.680. The Kier molecular flexibility index (Phi) is 13.8. The summed E-state index contributed by atoms with van der Waals surface area (Å²) in [5.41, 5.74) is 29.5. The van der Waals surface area contributed by atoms with Gasteiger partial charge in [-0.15, -0.1) is 0 Å². The quantitative estimate of drug-likeness (QED) is 0.119. The van der Waals surface area contributed by atoms with Gasteiger partial charge in [0.2, 0.25) is 0 Å². The molecule has 0 atom stereocenters. The van der Waals surface area contributed by atoms with Gasteiger partial charge in [-0.3, -0.25) is 0 Å². The number of rotatable bonds is 11. The van der Waals surface area contributed by atoms with Gasteiger partial charge in [0.25, 0.3) is 20.1 Å². The van der Waals surface area contributed by atoms with Crippen LogP contribution < -0.4 is 87.9 Å². The Morgan fingerprint density at radius 2 is 0.589 bits per heavy atom. The molecule has 0 aromatic heterocycles. The minimum Gasteiger partial charge on any atom is -0.459 e. The molecule has 107 heavy (non-hydrogen) atoms. The van der Waals surface area contributed by atoms with E-state index in [4.69, 9.17) is 14.2 Å². The predicted molar refractivity (Wildman–Crippen MR) is 444 cm³/mol. The lowest BCUT2D eigenvalue weighted by molar-refractivity contribution is 0.469. The van der Waals surface area contributed by atoms with Gasteiger partial charge < -0.3 is 38.7 Å². The Balaban J connectivity index is 0.861. The van der Waals surface area contributed by atoms with Gasteiger partial charge in [-0.25, -0.2) is 0 Å². The third kappa shape index (κ3) is 9.47. The topological polar surface area (TPSA) is 43.9 Å². The van der Waals surface area contributed by atoms with Crippen molar-refractivity contribution in [3.8, 4) is 56.8 Å². The van der Waals surface area contributed by atoms with E-state index in [1.54, 1.807) is 0 Å². The average molecular weight is 1370 g/mol. The Bertz CT molecular complexity index is 6090. The molecule has 0 N–H and O–H groups in total. The maximum absolute atomic E-state index is 8.04. The molecule has 0 fully saturated rings. The number of hydrogen-bond acceptors (Lipinski definition) is 8. The molecule has 8 nitrogen and oxygen atoms in total. The largest absolute Gasteiger partial charge is 0.459 e. The van der Waals surface area contributed by atoms with Crippen molar-refractivity contribution < 1.29 is 14.2 Å². The monoisotopic (exact) mass is 1370 g/mol. The molecule has 11 heteroatoms. The second-order valence-electron chi connectivity index (χ2n) is 28.1. The van der Waals surface area contributed by atoms with E-state index in [0.29, 0.717) is 0 Å². The fraction of sp³-hybridized carbons (Fsp3) is 0. The van der Waals surface area contributed by atoms with Crippen LogP contribution in [0, 0.1) is 0 Å². The lowest BCUT2D eigenvalue weighted by Gasteiger charge is -2.46. The van der Waals surface area contributed by atoms with E-state index >= 15 is 0 Å². The Labute approximate surface area is 622 Å². The van der Waals surface area contributed by atoms with Gasteiger partial charge in [0.05, 0.1) is 17.1 Å². The van der Waals surface area contributed by atoms with Crippen LogP contribution in [0.15, 0.2) is 376 Å². The molecule has 0 saturated carbocycles. The first kappa shape index (κ1) is 60.7. The Morgan fingerprint density at radius 3 is 1.09 bits per heavy atom. The van der Waals surface area contributed by atoms with Crippen molar-refractivity contribution in [1.29, 1.82) is 0 Å². The zero-order valence-corrected chi connectivity index (χ0v) is 58.0. The molecule has 0 radical (unpaired) electrons. The number of fused-ring (bicyclic) bond motifs is 13. The predicted octanol–water partition coefficient (Wildman–Crippen LogP) is 19.2. The third-order valence-electron chi connectivity index (χ3n) is 22.3. The molecular formula is C96H62B3N5O3. The lowest BCUT2D eigenvalue weighted by Crippen LogP contribution is -2.66. The highest BCUT2D eigenvalue weighted by molar-refractivity contribution is 7.04. The smallest absolute Gasteiger partial charge is 0.261 e. The second-order valence-corrected chi connectivity index (χ2v) is 28.1. The maximum Gasteiger partial charge on any atom is 0.261 e. The molecule has 0 spiro atoms. The number of nitrogens with zero attached hydrogens (tertiary/aromatic N) is 5. The SMILES string of the molecule is c1ccc(-c2cccc(-c3ccccc3)c2N2c3cc4c(cc3B3c5ccccc5Oc5c6c(cc2c53)Oc2cc(N(c3ccccc3)c3ccccc3)cc3c2B6c2ccccc2N3c2ccccc2)B2c3ccccc3Oc3cc(N(c5ccccc5)c5ccccc5)cc(c32)N4c2ccccc2)cc1. The minimum absolute atomic E-state index is 0.259. The lowest BCUT2D eigenvalue weighted by atomic mass is 9.29. The molecule has 22 rings (SSSR count). The van der Waals surface area contributed by atoms with E-state index in [-0.39, 0.29) is 20.1 Å². The molecule has 0 aliphatic carbocycles. The third-order valence-corrected chi connectivity index (χ3v) is 22.3. The summed E-state index contributed by atoms with van der Waals surface area (Å²) in [7, 11) is 0. The van der Waals surface area contributed by atoms with E-state index in [9.17, 15) is 0 Å². The van der Waals surface area contributed by atoms with Crippen molar-refractivity contribution in [2.75, 3.05) is 24.5 Å². The number of benzene rings is 16. The molecule has 6 heterocycles. The van der Waals surface area contributed by atoms with E-state index in [0.717, 1.165) is 186 Å². The summed E-state index contributed by atoms with van der Waals surface area (Å²) in [6.45, 7) is -0.961. The van der Waals surface area contributed by atoms with Gasteiger partial charge in [0, 0.05) is 103 Å². The summed E-state index contributed by atoms with van der Waals surface area (Å²) in [6.07, 6.45) is 0.